The number of carboxylic acid groups (broad SMARTS) is 1. The Kier molecular flexibility index (Phi) is 9.67. The molecule has 2 aromatic carbocycles. The van der Waals surface area contributed by atoms with Gasteiger partial charge in [0.1, 0.15) is 11.0 Å². The van der Waals surface area contributed by atoms with Crippen LogP contribution >= 0.6 is 33.9 Å². The van der Waals surface area contributed by atoms with Crippen molar-refractivity contribution in [3.8, 4) is 11.1 Å². The second-order valence-electron chi connectivity index (χ2n) is 7.53. The molecule has 11 heteroatoms. The van der Waals surface area contributed by atoms with Gasteiger partial charge in [0.05, 0.1) is 0 Å². The molecular weight excluding hydrogens is 525 g/mol. The lowest BCUT2D eigenvalue weighted by atomic mass is 9.97. The predicted molar refractivity (Wildman–Crippen MR) is 147 cm³/mol. The zero-order chi connectivity index (χ0) is 25.4. The molecule has 0 radical (unpaired) electrons. The maximum Gasteiger partial charge on any atom is 0.326 e. The molecule has 7 nitrogen and oxygen atoms in total. The summed E-state index contributed by atoms with van der Waals surface area (Å²) in [5.41, 5.74) is 2.45. The third-order valence-electron chi connectivity index (χ3n) is 5.15. The minimum Gasteiger partial charge on any atom is -0.480 e. The number of thioether (sulfide) groups is 1. The number of anilines is 1. The number of carbonyl (C=O) groups excluding carboxylic acids is 1. The van der Waals surface area contributed by atoms with E-state index in [4.69, 9.17) is 0 Å². The standard InChI is InChI=1S/C24H26N2O5S4/c1-26(22-9-6-13-33-22)35(30,31)34-16-17-10-11-19(20(15-17)18-7-4-3-5-8-18)23(27)25-21(24(28)29)12-14-32-2/h3-11,13,15,21H,12,14,16H2,1-2H3,(H,25,27)(H,28,29). The van der Waals surface area contributed by atoms with Gasteiger partial charge in [-0.25, -0.2) is 4.79 Å². The molecular formula is C24H26N2O5S4. The van der Waals surface area contributed by atoms with Crippen molar-refractivity contribution in [1.82, 2.24) is 5.32 Å². The van der Waals surface area contributed by atoms with Gasteiger partial charge in [0.2, 0.25) is 0 Å². The van der Waals surface area contributed by atoms with Gasteiger partial charge in [-0.1, -0.05) is 36.4 Å². The van der Waals surface area contributed by atoms with E-state index in [-0.39, 0.29) is 5.75 Å². The quantitative estimate of drug-likeness (QED) is 0.307. The van der Waals surface area contributed by atoms with Gasteiger partial charge in [-0.2, -0.15) is 20.2 Å². The number of rotatable bonds is 12. The maximum absolute atomic E-state index is 13.1. The first-order chi connectivity index (χ1) is 16.7. The van der Waals surface area contributed by atoms with Crippen molar-refractivity contribution in [2.45, 2.75) is 18.2 Å². The molecule has 0 saturated heterocycles. The zero-order valence-electron chi connectivity index (χ0n) is 19.2. The Bertz CT molecular complexity index is 1250. The molecule has 0 bridgehead atoms. The molecule has 1 aromatic heterocycles. The summed E-state index contributed by atoms with van der Waals surface area (Å²) >= 11 is 2.85. The topological polar surface area (TPSA) is 104 Å². The molecule has 186 valence electrons. The lowest BCUT2D eigenvalue weighted by Gasteiger charge is -2.18. The minimum atomic E-state index is -3.61. The number of amides is 1. The number of hydrogen-bond donors (Lipinski definition) is 2. The van der Waals surface area contributed by atoms with Crippen LogP contribution in [0.15, 0.2) is 66.0 Å². The smallest absolute Gasteiger partial charge is 0.326 e. The third-order valence-corrected chi connectivity index (χ3v) is 10.4. The Balaban J connectivity index is 1.86. The van der Waals surface area contributed by atoms with Crippen molar-refractivity contribution in [2.75, 3.05) is 23.4 Å². The number of benzene rings is 2. The summed E-state index contributed by atoms with van der Waals surface area (Å²) in [7, 11) is -1.28. The van der Waals surface area contributed by atoms with Crippen LogP contribution in [0.4, 0.5) is 5.00 Å². The lowest BCUT2D eigenvalue weighted by Crippen LogP contribution is -2.41. The summed E-state index contributed by atoms with van der Waals surface area (Å²) in [6, 6.07) is 16.9. The first kappa shape index (κ1) is 27.1. The average Bonchev–Trinajstić information content (AvgIpc) is 3.40. The molecule has 0 saturated carbocycles. The Labute approximate surface area is 217 Å². The van der Waals surface area contributed by atoms with Crippen LogP contribution in [-0.2, 0) is 19.6 Å². The fourth-order valence-electron chi connectivity index (χ4n) is 3.25. The van der Waals surface area contributed by atoms with E-state index in [0.29, 0.717) is 28.3 Å². The number of hydrogen-bond acceptors (Lipinski definition) is 7. The largest absolute Gasteiger partial charge is 0.480 e. The molecule has 0 spiro atoms. The highest BCUT2D eigenvalue weighted by Gasteiger charge is 2.23. The van der Waals surface area contributed by atoms with Crippen molar-refractivity contribution in [3.63, 3.8) is 0 Å². The Morgan fingerprint density at radius 3 is 2.49 bits per heavy atom. The highest BCUT2D eigenvalue weighted by Crippen LogP contribution is 2.32. The maximum atomic E-state index is 13.1. The van der Waals surface area contributed by atoms with E-state index in [1.54, 1.807) is 30.3 Å². The predicted octanol–water partition coefficient (Wildman–Crippen LogP) is 4.97. The molecule has 1 unspecified atom stereocenters. The van der Waals surface area contributed by atoms with Crippen LogP contribution < -0.4 is 9.62 Å². The second kappa shape index (κ2) is 12.5. The van der Waals surface area contributed by atoms with Gasteiger partial charge in [0.25, 0.3) is 15.0 Å². The molecule has 2 N–H and O–H groups in total. The van der Waals surface area contributed by atoms with E-state index in [1.807, 2.05) is 42.0 Å². The van der Waals surface area contributed by atoms with Gasteiger partial charge >= 0.3 is 5.97 Å². The molecule has 3 aromatic rings. The number of nitrogens with zero attached hydrogens (tertiary/aromatic N) is 1. The van der Waals surface area contributed by atoms with Gasteiger partial charge in [0.15, 0.2) is 0 Å². The van der Waals surface area contributed by atoms with Crippen LogP contribution in [0, 0.1) is 0 Å². The fraction of sp³-hybridized carbons (Fsp3) is 0.250. The van der Waals surface area contributed by atoms with Crippen LogP contribution in [0.5, 0.6) is 0 Å². The van der Waals surface area contributed by atoms with Crippen molar-refractivity contribution < 1.29 is 23.1 Å². The van der Waals surface area contributed by atoms with Gasteiger partial charge in [-0.15, -0.1) is 11.3 Å². The van der Waals surface area contributed by atoms with E-state index in [0.717, 1.165) is 21.9 Å². The van der Waals surface area contributed by atoms with Crippen molar-refractivity contribution in [2.24, 2.45) is 0 Å². The highest BCUT2D eigenvalue weighted by molar-refractivity contribution is 8.72. The van der Waals surface area contributed by atoms with Crippen LogP contribution in [0.3, 0.4) is 0 Å². The highest BCUT2D eigenvalue weighted by atomic mass is 33.1. The molecule has 3 rings (SSSR count). The Morgan fingerprint density at radius 1 is 1.11 bits per heavy atom. The third kappa shape index (κ3) is 7.26. The lowest BCUT2D eigenvalue weighted by molar-refractivity contribution is -0.139. The van der Waals surface area contributed by atoms with Crippen LogP contribution in [0.25, 0.3) is 11.1 Å². The van der Waals surface area contributed by atoms with E-state index in [9.17, 15) is 23.1 Å². The SMILES string of the molecule is CSCCC(NC(=O)c1ccc(CSS(=O)(=O)N(C)c2cccs2)cc1-c1ccccc1)C(=O)O. The van der Waals surface area contributed by atoms with E-state index in [2.05, 4.69) is 5.32 Å². The number of nitrogens with one attached hydrogen (secondary N) is 1. The van der Waals surface area contributed by atoms with E-state index < -0.39 is 27.0 Å². The van der Waals surface area contributed by atoms with Crippen LogP contribution in [0.1, 0.15) is 22.3 Å². The first-order valence-electron chi connectivity index (χ1n) is 10.6. The Morgan fingerprint density at radius 2 is 1.86 bits per heavy atom. The molecule has 0 aliphatic rings. The van der Waals surface area contributed by atoms with Crippen LogP contribution in [0.2, 0.25) is 0 Å². The summed E-state index contributed by atoms with van der Waals surface area (Å²) < 4.78 is 26.8. The van der Waals surface area contributed by atoms with E-state index >= 15 is 0 Å². The van der Waals surface area contributed by atoms with Crippen molar-refractivity contribution in [1.29, 1.82) is 0 Å². The number of carbonyl (C=O) groups is 2. The monoisotopic (exact) mass is 550 g/mol. The number of carboxylic acids is 1. The molecule has 0 aliphatic heterocycles. The zero-order valence-corrected chi connectivity index (χ0v) is 22.5. The average molecular weight is 551 g/mol. The number of aliphatic carboxylic acids is 1. The van der Waals surface area contributed by atoms with Crippen molar-refractivity contribution >= 4 is 59.8 Å². The molecule has 1 heterocycles. The first-order valence-corrected chi connectivity index (χ1v) is 15.8. The minimum absolute atomic E-state index is 0.186. The van der Waals surface area contributed by atoms with Gasteiger partial charge in [0, 0.05) is 18.4 Å². The Hall–Kier alpha value is -2.47. The molecule has 0 aliphatic carbocycles. The molecule has 0 fully saturated rings. The van der Waals surface area contributed by atoms with Crippen molar-refractivity contribution in [3.05, 3.63) is 77.2 Å². The summed E-state index contributed by atoms with van der Waals surface area (Å²) in [5, 5.41) is 14.6. The second-order valence-corrected chi connectivity index (χ2v) is 13.3. The van der Waals surface area contributed by atoms with Gasteiger partial charge < -0.3 is 10.4 Å². The van der Waals surface area contributed by atoms with Crippen LogP contribution in [-0.4, -0.2) is 50.5 Å². The summed E-state index contributed by atoms with van der Waals surface area (Å²) in [4.78, 5) is 24.7. The summed E-state index contributed by atoms with van der Waals surface area (Å²) in [6.45, 7) is 0. The van der Waals surface area contributed by atoms with E-state index in [1.165, 1.54) is 34.5 Å². The fourth-order valence-corrected chi connectivity index (χ4v) is 7.36. The van der Waals surface area contributed by atoms with Gasteiger partial charge in [-0.3, -0.25) is 9.10 Å². The molecule has 1 atom stereocenters. The summed E-state index contributed by atoms with van der Waals surface area (Å²) in [6.07, 6.45) is 2.19. The normalized spacial score (nSPS) is 12.2. The van der Waals surface area contributed by atoms with Gasteiger partial charge in [-0.05, 0) is 75.6 Å². The molecule has 35 heavy (non-hydrogen) atoms. The number of thiophene rings is 1. The summed E-state index contributed by atoms with van der Waals surface area (Å²) in [5.74, 6) is -0.776. The molecule has 1 amide bonds.